The molecule has 4 aromatic carbocycles. The number of rotatable bonds is 9. The molecule has 5 atom stereocenters. The predicted molar refractivity (Wildman–Crippen MR) is 239 cm³/mol. The summed E-state index contributed by atoms with van der Waals surface area (Å²) in [6, 6.07) is 18.3. The van der Waals surface area contributed by atoms with E-state index in [-0.39, 0.29) is 47.4 Å². The number of aliphatic hydroxyl groups is 1. The quantitative estimate of drug-likeness (QED) is 0.0569. The first-order valence-corrected chi connectivity index (χ1v) is 21.3. The number of phenols is 1. The summed E-state index contributed by atoms with van der Waals surface area (Å²) in [5.74, 6) is 5.65. The maximum atomic E-state index is 13.8. The smallest absolute Gasteiger partial charge is 0.192 e. The second-order valence-electron chi connectivity index (χ2n) is 16.7. The van der Waals surface area contributed by atoms with Crippen LogP contribution in [-0.2, 0) is 35.4 Å². The minimum Gasteiger partial charge on any atom is -0.508 e. The van der Waals surface area contributed by atoms with Crippen LogP contribution in [0, 0.1) is 23.9 Å². The number of allylic oxidation sites excluding steroid dienone is 4. The first kappa shape index (κ1) is 40.6. The van der Waals surface area contributed by atoms with Crippen molar-refractivity contribution >= 4 is 34.3 Å². The Balaban J connectivity index is 1.06. The van der Waals surface area contributed by atoms with Crippen molar-refractivity contribution in [1.82, 2.24) is 0 Å². The van der Waals surface area contributed by atoms with Crippen LogP contribution in [0.1, 0.15) is 103 Å². The third kappa shape index (κ3) is 8.89. The Hall–Kier alpha value is -6.14. The molecule has 9 nitrogen and oxygen atoms in total. The van der Waals surface area contributed by atoms with E-state index >= 15 is 0 Å². The first-order valence-electron chi connectivity index (χ1n) is 21.3. The normalized spacial score (nSPS) is 22.2. The maximum absolute atomic E-state index is 13.8. The second kappa shape index (κ2) is 18.0. The Morgan fingerprint density at radius 3 is 2.73 bits per heavy atom. The van der Waals surface area contributed by atoms with Gasteiger partial charge in [-0.3, -0.25) is 9.79 Å². The molecule has 8 bridgehead atoms. The number of unbranched alkanes of at least 4 members (excludes halogenated alkanes) is 1. The highest BCUT2D eigenvalue weighted by molar-refractivity contribution is 6.03. The Bertz CT molecular complexity index is 2470. The number of aliphatic hydroxyl groups excluding tert-OH is 1. The molecule has 0 saturated carbocycles. The van der Waals surface area contributed by atoms with E-state index in [1.165, 1.54) is 11.1 Å². The van der Waals surface area contributed by atoms with Gasteiger partial charge in [0.05, 0.1) is 13.0 Å². The molecule has 0 aromatic heterocycles. The number of aliphatic imine (C=N–C) groups is 1. The fraction of sp³-hybridized carbons (Fsp3) is 0.373. The van der Waals surface area contributed by atoms with Crippen molar-refractivity contribution in [3.63, 3.8) is 0 Å². The zero-order valence-corrected chi connectivity index (χ0v) is 34.8. The van der Waals surface area contributed by atoms with Crippen molar-refractivity contribution in [2.75, 3.05) is 19.5 Å². The van der Waals surface area contributed by atoms with Crippen LogP contribution in [0.4, 0.5) is 5.69 Å². The number of Topliss-reactive ketones (excluding diaryl/α,β-unsaturated/α-hetero) is 1. The molecule has 0 amide bonds. The van der Waals surface area contributed by atoms with Gasteiger partial charge in [-0.05, 0) is 143 Å². The van der Waals surface area contributed by atoms with E-state index in [1.807, 2.05) is 42.5 Å². The number of aryl methyl sites for hydroxylation is 3. The third-order valence-corrected chi connectivity index (χ3v) is 12.6. The van der Waals surface area contributed by atoms with Gasteiger partial charge < -0.3 is 35.5 Å². The van der Waals surface area contributed by atoms with Gasteiger partial charge in [-0.25, -0.2) is 0 Å². The highest BCUT2D eigenvalue weighted by atomic mass is 16.5. The monoisotopic (exact) mass is 805 g/mol. The number of guanidine groups is 1. The SMILES string of the molecule is CN=C(N)Nc1cccc(CCCC[C@H]2C=CC(O)=C[C@@H]2C[C@H]2CC(=O)CCc3ccc(OC)c(c3)OCc3cc4c5c(c(O)cc6c5c3C=C[C@H]6C)[C@H](C#CO2)CC4)c1. The lowest BCUT2D eigenvalue weighted by Gasteiger charge is -2.30. The van der Waals surface area contributed by atoms with E-state index in [2.05, 4.69) is 65.7 Å². The summed E-state index contributed by atoms with van der Waals surface area (Å²) in [4.78, 5) is 17.8. The number of ketones is 1. The number of carbonyl (C=O) groups excluding carboxylic acids is 1. The molecule has 2 heterocycles. The maximum Gasteiger partial charge on any atom is 0.192 e. The summed E-state index contributed by atoms with van der Waals surface area (Å²) in [6.07, 6.45) is 19.7. The molecule has 5 aliphatic rings. The molecule has 4 aromatic rings. The molecule has 9 heteroatoms. The molecule has 0 fully saturated rings. The van der Waals surface area contributed by atoms with Crippen LogP contribution in [0.2, 0.25) is 0 Å². The van der Waals surface area contributed by atoms with Crippen LogP contribution in [0.15, 0.2) is 89.7 Å². The average Bonchev–Trinajstić information content (AvgIpc) is 3.24. The molecule has 9 rings (SSSR count). The van der Waals surface area contributed by atoms with Gasteiger partial charge in [0, 0.05) is 37.1 Å². The number of benzene rings is 4. The van der Waals surface area contributed by atoms with Crippen molar-refractivity contribution in [3.05, 3.63) is 124 Å². The summed E-state index contributed by atoms with van der Waals surface area (Å²) in [6.45, 7) is 2.51. The number of phenolic OH excluding ortho intramolecular Hbond substituents is 1. The lowest BCUT2D eigenvalue weighted by molar-refractivity contribution is -0.121. The molecule has 3 aliphatic carbocycles. The highest BCUT2D eigenvalue weighted by Crippen LogP contribution is 2.49. The van der Waals surface area contributed by atoms with Gasteiger partial charge in [0.1, 0.15) is 36.1 Å². The molecule has 2 aliphatic heterocycles. The van der Waals surface area contributed by atoms with Crippen molar-refractivity contribution in [1.29, 1.82) is 0 Å². The van der Waals surface area contributed by atoms with Crippen molar-refractivity contribution < 1.29 is 29.2 Å². The highest BCUT2D eigenvalue weighted by Gasteiger charge is 2.31. The Morgan fingerprint density at radius 1 is 1.00 bits per heavy atom. The minimum atomic E-state index is -0.489. The van der Waals surface area contributed by atoms with Crippen molar-refractivity contribution in [2.24, 2.45) is 22.6 Å². The van der Waals surface area contributed by atoms with E-state index in [9.17, 15) is 15.0 Å². The van der Waals surface area contributed by atoms with Crippen LogP contribution >= 0.6 is 0 Å². The molecular formula is C51H55N3O6. The van der Waals surface area contributed by atoms with Crippen LogP contribution in [0.5, 0.6) is 17.2 Å². The van der Waals surface area contributed by atoms with Gasteiger partial charge >= 0.3 is 0 Å². The number of anilines is 1. The summed E-state index contributed by atoms with van der Waals surface area (Å²) >= 11 is 0. The van der Waals surface area contributed by atoms with Crippen LogP contribution in [0.3, 0.4) is 0 Å². The average molecular weight is 806 g/mol. The van der Waals surface area contributed by atoms with E-state index in [0.29, 0.717) is 43.3 Å². The van der Waals surface area contributed by atoms with Gasteiger partial charge in [0.2, 0.25) is 0 Å². The zero-order chi connectivity index (χ0) is 41.8. The number of nitrogens with zero attached hydrogens (tertiary/aromatic N) is 1. The molecule has 0 spiro atoms. The Morgan fingerprint density at radius 2 is 1.88 bits per heavy atom. The van der Waals surface area contributed by atoms with Crippen LogP contribution < -0.4 is 20.5 Å². The zero-order valence-electron chi connectivity index (χ0n) is 34.8. The Kier molecular flexibility index (Phi) is 12.2. The standard InChI is InChI=1S/C51H55N3O6/c1-31-11-19-43-38-25-36-15-14-35(48-45(57)29-44(31)50(43)49(36)48)21-22-59-42(28-41(56)17-12-33-13-20-46(58-3)47(24-33)60-30-38)27-37-26-40(55)18-16-34(37)9-5-4-7-32-8-6-10-39(23-32)54-51(52)53-2/h6,8,10-11,13,16,18-20,23-26,29,31,34-35,37,42,55,57H,4-5,7,9,12,14-15,17,27-28,30H2,1-3H3,(H3,52,53,54)/t31-,34+,35+,37-,42+/m1/s1. The molecule has 310 valence electrons. The number of hydrogen-bond acceptors (Lipinski definition) is 7. The summed E-state index contributed by atoms with van der Waals surface area (Å²) < 4.78 is 18.7. The molecule has 5 N–H and O–H groups in total. The number of aromatic hydroxyl groups is 1. The molecular weight excluding hydrogens is 751 g/mol. The first-order chi connectivity index (χ1) is 29.2. The molecule has 0 radical (unpaired) electrons. The molecule has 0 unspecified atom stereocenters. The number of hydrogen-bond donors (Lipinski definition) is 4. The summed E-state index contributed by atoms with van der Waals surface area (Å²) in [5, 5.41) is 27.7. The van der Waals surface area contributed by atoms with Crippen molar-refractivity contribution in [3.8, 4) is 29.3 Å². The number of methoxy groups -OCH3 is 1. The molecule has 0 saturated heterocycles. The number of ether oxygens (including phenoxy) is 3. The van der Waals surface area contributed by atoms with Gasteiger partial charge in [-0.15, -0.1) is 0 Å². The van der Waals surface area contributed by atoms with Gasteiger partial charge in [-0.1, -0.05) is 61.8 Å². The van der Waals surface area contributed by atoms with E-state index in [0.717, 1.165) is 82.8 Å². The Labute approximate surface area is 353 Å². The summed E-state index contributed by atoms with van der Waals surface area (Å²) in [5.41, 5.74) is 14.3. The van der Waals surface area contributed by atoms with Gasteiger partial charge in [0.15, 0.2) is 17.5 Å². The van der Waals surface area contributed by atoms with Gasteiger partial charge in [-0.2, -0.15) is 0 Å². The second-order valence-corrected chi connectivity index (χ2v) is 16.7. The topological polar surface area (TPSA) is 136 Å². The lowest BCUT2D eigenvalue weighted by atomic mass is 9.74. The van der Waals surface area contributed by atoms with Crippen LogP contribution in [0.25, 0.3) is 16.8 Å². The number of nitrogens with two attached hydrogens (primary N) is 1. The number of nitrogens with one attached hydrogen (secondary N) is 1. The largest absolute Gasteiger partial charge is 0.508 e. The van der Waals surface area contributed by atoms with Gasteiger partial charge in [0.25, 0.3) is 0 Å². The van der Waals surface area contributed by atoms with Crippen molar-refractivity contribution in [2.45, 2.75) is 95.7 Å². The lowest BCUT2D eigenvalue weighted by Crippen LogP contribution is -2.24. The van der Waals surface area contributed by atoms with E-state index in [1.54, 1.807) is 20.2 Å². The number of carbonyl (C=O) groups is 1. The van der Waals surface area contributed by atoms with E-state index in [4.69, 9.17) is 19.9 Å². The fourth-order valence-electron chi connectivity index (χ4n) is 9.48. The number of fused-ring (bicyclic) bond motifs is 7. The minimum absolute atomic E-state index is 0.0349. The predicted octanol–water partition coefficient (Wildman–Crippen LogP) is 9.95. The van der Waals surface area contributed by atoms with E-state index < -0.39 is 6.10 Å². The fourth-order valence-corrected chi connectivity index (χ4v) is 9.48. The molecule has 60 heavy (non-hydrogen) atoms. The third-order valence-electron chi connectivity index (χ3n) is 12.6. The summed E-state index contributed by atoms with van der Waals surface area (Å²) in [7, 11) is 3.30. The van der Waals surface area contributed by atoms with Crippen LogP contribution in [-0.4, -0.2) is 42.2 Å².